The molecule has 18 heavy (non-hydrogen) atoms. The second-order valence-electron chi connectivity index (χ2n) is 4.75. The SMILES string of the molecule is COc1ccc2c(c1)c(C=O)c1n2CCN(C)C1. The Morgan fingerprint density at radius 3 is 2.89 bits per heavy atom. The lowest BCUT2D eigenvalue weighted by Gasteiger charge is -2.25. The lowest BCUT2D eigenvalue weighted by molar-refractivity contribution is 0.112. The average Bonchev–Trinajstić information content (AvgIpc) is 2.70. The molecule has 0 saturated heterocycles. The number of methoxy groups -OCH3 is 1. The van der Waals surface area contributed by atoms with Crippen molar-refractivity contribution in [2.75, 3.05) is 20.7 Å². The van der Waals surface area contributed by atoms with Crippen molar-refractivity contribution in [3.8, 4) is 5.75 Å². The maximum absolute atomic E-state index is 11.4. The van der Waals surface area contributed by atoms with Crippen molar-refractivity contribution in [3.63, 3.8) is 0 Å². The van der Waals surface area contributed by atoms with Crippen LogP contribution < -0.4 is 4.74 Å². The van der Waals surface area contributed by atoms with E-state index in [4.69, 9.17) is 4.74 Å². The Kier molecular flexibility index (Phi) is 2.59. The molecule has 4 nitrogen and oxygen atoms in total. The van der Waals surface area contributed by atoms with E-state index in [1.54, 1.807) is 7.11 Å². The van der Waals surface area contributed by atoms with Crippen molar-refractivity contribution in [1.82, 2.24) is 9.47 Å². The highest BCUT2D eigenvalue weighted by Gasteiger charge is 2.21. The van der Waals surface area contributed by atoms with Gasteiger partial charge in [-0.25, -0.2) is 0 Å². The minimum atomic E-state index is 0.793. The second kappa shape index (κ2) is 4.14. The van der Waals surface area contributed by atoms with Crippen LogP contribution in [0.1, 0.15) is 16.1 Å². The van der Waals surface area contributed by atoms with Gasteiger partial charge in [0.05, 0.1) is 7.11 Å². The van der Waals surface area contributed by atoms with Crippen molar-refractivity contribution in [1.29, 1.82) is 0 Å². The van der Waals surface area contributed by atoms with Gasteiger partial charge in [-0.2, -0.15) is 0 Å². The Hall–Kier alpha value is -1.81. The molecule has 0 saturated carbocycles. The van der Waals surface area contributed by atoms with Crippen molar-refractivity contribution in [3.05, 3.63) is 29.5 Å². The maximum atomic E-state index is 11.4. The van der Waals surface area contributed by atoms with Gasteiger partial charge in [0.15, 0.2) is 6.29 Å². The fourth-order valence-corrected chi connectivity index (χ4v) is 2.70. The van der Waals surface area contributed by atoms with E-state index >= 15 is 0 Å². The smallest absolute Gasteiger partial charge is 0.152 e. The zero-order valence-electron chi connectivity index (χ0n) is 10.6. The lowest BCUT2D eigenvalue weighted by atomic mass is 10.1. The molecule has 1 aromatic carbocycles. The molecule has 0 unspecified atom stereocenters. The molecule has 4 heteroatoms. The summed E-state index contributed by atoms with van der Waals surface area (Å²) in [6, 6.07) is 5.93. The summed E-state index contributed by atoms with van der Waals surface area (Å²) in [6.45, 7) is 2.77. The average molecular weight is 244 g/mol. The Morgan fingerprint density at radius 1 is 1.33 bits per heavy atom. The summed E-state index contributed by atoms with van der Waals surface area (Å²) in [6.07, 6.45) is 0.965. The molecule has 1 aliphatic rings. The first-order valence-corrected chi connectivity index (χ1v) is 6.07. The number of aldehydes is 1. The third-order valence-electron chi connectivity index (χ3n) is 3.66. The number of rotatable bonds is 2. The number of hydrogen-bond donors (Lipinski definition) is 0. The summed E-state index contributed by atoms with van der Waals surface area (Å²) < 4.78 is 7.49. The molecule has 0 bridgehead atoms. The van der Waals surface area contributed by atoms with Crippen molar-refractivity contribution in [2.24, 2.45) is 0 Å². The van der Waals surface area contributed by atoms with Gasteiger partial charge in [-0.15, -0.1) is 0 Å². The highest BCUT2D eigenvalue weighted by atomic mass is 16.5. The van der Waals surface area contributed by atoms with E-state index in [1.165, 1.54) is 0 Å². The molecule has 0 spiro atoms. The van der Waals surface area contributed by atoms with E-state index in [0.29, 0.717) is 0 Å². The number of carbonyl (C=O) groups excluding carboxylic acids is 1. The van der Waals surface area contributed by atoms with Gasteiger partial charge < -0.3 is 9.30 Å². The van der Waals surface area contributed by atoms with Crippen molar-refractivity contribution in [2.45, 2.75) is 13.1 Å². The van der Waals surface area contributed by atoms with Crippen molar-refractivity contribution >= 4 is 17.2 Å². The number of benzene rings is 1. The minimum absolute atomic E-state index is 0.793. The maximum Gasteiger partial charge on any atom is 0.152 e. The van der Waals surface area contributed by atoms with Crippen LogP contribution in [0.3, 0.4) is 0 Å². The lowest BCUT2D eigenvalue weighted by Crippen LogP contribution is -2.30. The van der Waals surface area contributed by atoms with Crippen molar-refractivity contribution < 1.29 is 9.53 Å². The monoisotopic (exact) mass is 244 g/mol. The van der Waals surface area contributed by atoms with Crippen LogP contribution in [-0.4, -0.2) is 36.5 Å². The van der Waals surface area contributed by atoms with E-state index in [0.717, 1.165) is 53.8 Å². The van der Waals surface area contributed by atoms with E-state index in [2.05, 4.69) is 16.5 Å². The van der Waals surface area contributed by atoms with Gasteiger partial charge in [-0.3, -0.25) is 9.69 Å². The quantitative estimate of drug-likeness (QED) is 0.757. The molecule has 1 aromatic heterocycles. The molecule has 0 atom stereocenters. The second-order valence-corrected chi connectivity index (χ2v) is 4.75. The van der Waals surface area contributed by atoms with Crippen LogP contribution in [0.4, 0.5) is 0 Å². The molecule has 0 N–H and O–H groups in total. The van der Waals surface area contributed by atoms with Crippen LogP contribution in [0.15, 0.2) is 18.2 Å². The molecule has 2 heterocycles. The van der Waals surface area contributed by atoms with Crippen LogP contribution >= 0.6 is 0 Å². The molecule has 3 rings (SSSR count). The Morgan fingerprint density at radius 2 is 2.17 bits per heavy atom. The molecule has 1 aliphatic heterocycles. The zero-order valence-corrected chi connectivity index (χ0v) is 10.6. The normalized spacial score (nSPS) is 15.7. The third-order valence-corrected chi connectivity index (χ3v) is 3.66. The number of carbonyl (C=O) groups is 1. The van der Waals surface area contributed by atoms with Crippen LogP contribution in [0.2, 0.25) is 0 Å². The van der Waals surface area contributed by atoms with Crippen LogP contribution in [-0.2, 0) is 13.1 Å². The number of fused-ring (bicyclic) bond motifs is 3. The molecule has 94 valence electrons. The molecular weight excluding hydrogens is 228 g/mol. The fourth-order valence-electron chi connectivity index (χ4n) is 2.70. The molecule has 0 amide bonds. The van der Waals surface area contributed by atoms with Gasteiger partial charge in [-0.05, 0) is 25.2 Å². The predicted octanol–water partition coefficient (Wildman–Crippen LogP) is 1.91. The first kappa shape index (κ1) is 11.3. The standard InChI is InChI=1S/C14H16N2O2/c1-15-5-6-16-13-4-3-10(18-2)7-11(13)12(9-17)14(16)8-15/h3-4,7,9H,5-6,8H2,1-2H3. The summed E-state index contributed by atoms with van der Waals surface area (Å²) >= 11 is 0. The van der Waals surface area contributed by atoms with E-state index < -0.39 is 0 Å². The molecule has 0 radical (unpaired) electrons. The van der Waals surface area contributed by atoms with Crippen LogP contribution in [0.5, 0.6) is 5.75 Å². The molecule has 2 aromatic rings. The number of likely N-dealkylation sites (N-methyl/N-ethyl adjacent to an activating group) is 1. The number of hydrogen-bond acceptors (Lipinski definition) is 3. The highest BCUT2D eigenvalue weighted by molar-refractivity contribution is 6.00. The fraction of sp³-hybridized carbons (Fsp3) is 0.357. The van der Waals surface area contributed by atoms with Gasteiger partial charge in [0.2, 0.25) is 0 Å². The van der Waals surface area contributed by atoms with Gasteiger partial charge in [0.1, 0.15) is 5.75 Å². The third kappa shape index (κ3) is 1.53. The van der Waals surface area contributed by atoms with E-state index in [1.807, 2.05) is 18.2 Å². The Labute approximate surface area is 106 Å². The summed E-state index contributed by atoms with van der Waals surface area (Å²) in [5.74, 6) is 0.793. The Balaban J connectivity index is 2.30. The van der Waals surface area contributed by atoms with Gasteiger partial charge in [0.25, 0.3) is 0 Å². The number of nitrogens with zero attached hydrogens (tertiary/aromatic N) is 2. The summed E-state index contributed by atoms with van der Waals surface area (Å²) in [5, 5.41) is 0.995. The molecule has 0 aliphatic carbocycles. The Bertz CT molecular complexity index is 616. The van der Waals surface area contributed by atoms with Gasteiger partial charge in [-0.1, -0.05) is 0 Å². The molecule has 0 fully saturated rings. The van der Waals surface area contributed by atoms with Gasteiger partial charge >= 0.3 is 0 Å². The zero-order chi connectivity index (χ0) is 12.7. The van der Waals surface area contributed by atoms with Gasteiger partial charge in [0, 0.05) is 41.8 Å². The highest BCUT2D eigenvalue weighted by Crippen LogP contribution is 2.30. The first-order valence-electron chi connectivity index (χ1n) is 6.07. The van der Waals surface area contributed by atoms with Crippen LogP contribution in [0, 0.1) is 0 Å². The number of aromatic nitrogens is 1. The number of ether oxygens (including phenoxy) is 1. The first-order chi connectivity index (χ1) is 8.74. The molecular formula is C14H16N2O2. The largest absolute Gasteiger partial charge is 0.497 e. The van der Waals surface area contributed by atoms with Crippen LogP contribution in [0.25, 0.3) is 10.9 Å². The summed E-state index contributed by atoms with van der Waals surface area (Å²) in [4.78, 5) is 13.6. The minimum Gasteiger partial charge on any atom is -0.497 e. The summed E-state index contributed by atoms with van der Waals surface area (Å²) in [5.41, 5.74) is 3.04. The topological polar surface area (TPSA) is 34.5 Å². The summed E-state index contributed by atoms with van der Waals surface area (Å²) in [7, 11) is 3.72. The van der Waals surface area contributed by atoms with E-state index in [-0.39, 0.29) is 0 Å². The predicted molar refractivity (Wildman–Crippen MR) is 70.2 cm³/mol. The van der Waals surface area contributed by atoms with E-state index in [9.17, 15) is 4.79 Å².